The summed E-state index contributed by atoms with van der Waals surface area (Å²) in [5.74, 6) is 0.458. The third kappa shape index (κ3) is 2.88. The molecule has 1 saturated carbocycles. The maximum Gasteiger partial charge on any atom is 0.0474 e. The lowest BCUT2D eigenvalue weighted by molar-refractivity contribution is 0.205. The second-order valence-electron chi connectivity index (χ2n) is 5.23. The van der Waals surface area contributed by atoms with Gasteiger partial charge in [-0.3, -0.25) is 0 Å². The Morgan fingerprint density at radius 3 is 2.59 bits per heavy atom. The normalized spacial score (nSPS) is 24.2. The minimum Gasteiger partial charge on any atom is -0.396 e. The first-order chi connectivity index (χ1) is 8.22. The largest absolute Gasteiger partial charge is 0.396 e. The van der Waals surface area contributed by atoms with Gasteiger partial charge in [0.05, 0.1) is 0 Å². The van der Waals surface area contributed by atoms with Crippen LogP contribution in [-0.4, -0.2) is 17.8 Å². The molecule has 0 heterocycles. The number of hydrogen-bond acceptors (Lipinski definition) is 2. The predicted molar refractivity (Wildman–Crippen MR) is 71.0 cm³/mol. The smallest absolute Gasteiger partial charge is 0.0474 e. The van der Waals surface area contributed by atoms with Crippen molar-refractivity contribution in [3.05, 3.63) is 34.9 Å². The van der Waals surface area contributed by atoms with E-state index in [0.29, 0.717) is 18.6 Å². The molecule has 0 radical (unpaired) electrons. The zero-order valence-electron chi connectivity index (χ0n) is 10.9. The Morgan fingerprint density at radius 1 is 1.24 bits per heavy atom. The second kappa shape index (κ2) is 5.65. The molecule has 1 aliphatic rings. The highest BCUT2D eigenvalue weighted by Gasteiger charge is 2.25. The van der Waals surface area contributed by atoms with Crippen molar-refractivity contribution in [1.29, 1.82) is 0 Å². The summed E-state index contributed by atoms with van der Waals surface area (Å²) in [4.78, 5) is 0. The number of aliphatic hydroxyl groups excluding tert-OH is 1. The molecule has 1 aromatic rings. The molecular weight excluding hydrogens is 210 g/mol. The van der Waals surface area contributed by atoms with Crippen LogP contribution in [-0.2, 0) is 6.54 Å². The fourth-order valence-electron chi connectivity index (χ4n) is 2.89. The van der Waals surface area contributed by atoms with E-state index in [1.165, 1.54) is 36.0 Å². The van der Waals surface area contributed by atoms with E-state index in [4.69, 9.17) is 0 Å². The summed E-state index contributed by atoms with van der Waals surface area (Å²) in [6.07, 6.45) is 3.62. The average molecular weight is 233 g/mol. The molecule has 94 valence electrons. The van der Waals surface area contributed by atoms with Crippen LogP contribution in [0, 0.1) is 19.8 Å². The third-order valence-corrected chi connectivity index (χ3v) is 4.08. The van der Waals surface area contributed by atoms with E-state index < -0.39 is 0 Å². The van der Waals surface area contributed by atoms with Gasteiger partial charge in [0.2, 0.25) is 0 Å². The van der Waals surface area contributed by atoms with Gasteiger partial charge in [-0.05, 0) is 49.3 Å². The molecule has 1 aliphatic carbocycles. The van der Waals surface area contributed by atoms with Crippen molar-refractivity contribution < 1.29 is 5.11 Å². The molecule has 2 N–H and O–H groups in total. The van der Waals surface area contributed by atoms with Crippen LogP contribution in [0.2, 0.25) is 0 Å². The van der Waals surface area contributed by atoms with Crippen molar-refractivity contribution in [3.8, 4) is 0 Å². The van der Waals surface area contributed by atoms with E-state index in [1.807, 2.05) is 0 Å². The zero-order chi connectivity index (χ0) is 12.3. The first kappa shape index (κ1) is 12.6. The molecule has 1 fully saturated rings. The predicted octanol–water partition coefficient (Wildman–Crippen LogP) is 2.55. The van der Waals surface area contributed by atoms with E-state index >= 15 is 0 Å². The highest BCUT2D eigenvalue weighted by molar-refractivity contribution is 5.33. The molecular formula is C15H23NO. The Bertz CT molecular complexity index is 355. The lowest BCUT2D eigenvalue weighted by Gasteiger charge is -2.20. The molecule has 2 atom stereocenters. The van der Waals surface area contributed by atoms with E-state index in [0.717, 1.165) is 6.54 Å². The Kier molecular flexibility index (Phi) is 4.19. The van der Waals surface area contributed by atoms with Crippen LogP contribution in [0.3, 0.4) is 0 Å². The molecule has 0 spiro atoms. The molecule has 0 aromatic heterocycles. The topological polar surface area (TPSA) is 32.3 Å². The Balaban J connectivity index is 1.98. The SMILES string of the molecule is Cc1cccc(C)c1CNC1CCCC1CO. The van der Waals surface area contributed by atoms with Crippen molar-refractivity contribution in [2.75, 3.05) is 6.61 Å². The summed E-state index contributed by atoms with van der Waals surface area (Å²) in [5.41, 5.74) is 4.13. The minimum atomic E-state index is 0.324. The van der Waals surface area contributed by atoms with Crippen LogP contribution in [0.1, 0.15) is 36.0 Å². The molecule has 2 rings (SSSR count). The highest BCUT2D eigenvalue weighted by atomic mass is 16.3. The van der Waals surface area contributed by atoms with Gasteiger partial charge in [0.25, 0.3) is 0 Å². The maximum absolute atomic E-state index is 9.30. The Labute approximate surface area is 104 Å². The monoisotopic (exact) mass is 233 g/mol. The number of rotatable bonds is 4. The van der Waals surface area contributed by atoms with Gasteiger partial charge in [0.1, 0.15) is 0 Å². The molecule has 17 heavy (non-hydrogen) atoms. The van der Waals surface area contributed by atoms with Gasteiger partial charge in [0, 0.05) is 19.2 Å². The summed E-state index contributed by atoms with van der Waals surface area (Å²) in [5, 5.41) is 12.9. The zero-order valence-corrected chi connectivity index (χ0v) is 10.9. The molecule has 2 heteroatoms. The number of benzene rings is 1. The third-order valence-electron chi connectivity index (χ3n) is 4.08. The summed E-state index contributed by atoms with van der Waals surface area (Å²) in [7, 11) is 0. The van der Waals surface area contributed by atoms with Crippen LogP contribution >= 0.6 is 0 Å². The standard InChI is InChI=1S/C15H23NO/c1-11-5-3-6-12(2)14(11)9-16-15-8-4-7-13(15)10-17/h3,5-6,13,15-17H,4,7-10H2,1-2H3. The van der Waals surface area contributed by atoms with Gasteiger partial charge >= 0.3 is 0 Å². The second-order valence-corrected chi connectivity index (χ2v) is 5.23. The molecule has 2 nitrogen and oxygen atoms in total. The number of aryl methyl sites for hydroxylation is 2. The summed E-state index contributed by atoms with van der Waals surface area (Å²) in [6.45, 7) is 5.59. The van der Waals surface area contributed by atoms with Crippen LogP contribution in [0.25, 0.3) is 0 Å². The van der Waals surface area contributed by atoms with Gasteiger partial charge in [-0.1, -0.05) is 24.6 Å². The van der Waals surface area contributed by atoms with Gasteiger partial charge < -0.3 is 10.4 Å². The number of hydrogen-bond donors (Lipinski definition) is 2. The summed E-state index contributed by atoms with van der Waals surface area (Å²) >= 11 is 0. The molecule has 0 amide bonds. The fraction of sp³-hybridized carbons (Fsp3) is 0.600. The van der Waals surface area contributed by atoms with Crippen molar-refractivity contribution in [2.24, 2.45) is 5.92 Å². The van der Waals surface area contributed by atoms with Gasteiger partial charge in [0.15, 0.2) is 0 Å². The van der Waals surface area contributed by atoms with Crippen LogP contribution in [0.5, 0.6) is 0 Å². The highest BCUT2D eigenvalue weighted by Crippen LogP contribution is 2.25. The number of nitrogens with one attached hydrogen (secondary N) is 1. The van der Waals surface area contributed by atoms with Gasteiger partial charge in [-0.15, -0.1) is 0 Å². The van der Waals surface area contributed by atoms with Gasteiger partial charge in [-0.25, -0.2) is 0 Å². The lowest BCUT2D eigenvalue weighted by Crippen LogP contribution is -2.33. The lowest BCUT2D eigenvalue weighted by atomic mass is 10.0. The van der Waals surface area contributed by atoms with Gasteiger partial charge in [-0.2, -0.15) is 0 Å². The van der Waals surface area contributed by atoms with Crippen LogP contribution in [0.15, 0.2) is 18.2 Å². The molecule has 0 aliphatic heterocycles. The van der Waals surface area contributed by atoms with Crippen molar-refractivity contribution in [1.82, 2.24) is 5.32 Å². The van der Waals surface area contributed by atoms with Crippen molar-refractivity contribution in [3.63, 3.8) is 0 Å². The molecule has 1 aromatic carbocycles. The first-order valence-corrected chi connectivity index (χ1v) is 6.61. The van der Waals surface area contributed by atoms with Crippen molar-refractivity contribution in [2.45, 2.75) is 45.7 Å². The fourth-order valence-corrected chi connectivity index (χ4v) is 2.89. The number of aliphatic hydroxyl groups is 1. The maximum atomic E-state index is 9.30. The van der Waals surface area contributed by atoms with E-state index in [9.17, 15) is 5.11 Å². The van der Waals surface area contributed by atoms with E-state index in [1.54, 1.807) is 0 Å². The quantitative estimate of drug-likeness (QED) is 0.837. The first-order valence-electron chi connectivity index (χ1n) is 6.61. The summed E-state index contributed by atoms with van der Waals surface area (Å²) < 4.78 is 0. The molecule has 0 bridgehead atoms. The Morgan fingerprint density at radius 2 is 1.94 bits per heavy atom. The Hall–Kier alpha value is -0.860. The molecule has 0 saturated heterocycles. The molecule has 2 unspecified atom stereocenters. The van der Waals surface area contributed by atoms with E-state index in [2.05, 4.69) is 37.4 Å². The summed E-state index contributed by atoms with van der Waals surface area (Å²) in [6, 6.07) is 6.95. The van der Waals surface area contributed by atoms with Crippen molar-refractivity contribution >= 4 is 0 Å². The average Bonchev–Trinajstić information content (AvgIpc) is 2.76. The van der Waals surface area contributed by atoms with E-state index in [-0.39, 0.29) is 0 Å². The minimum absolute atomic E-state index is 0.324. The van der Waals surface area contributed by atoms with Crippen LogP contribution in [0.4, 0.5) is 0 Å². The van der Waals surface area contributed by atoms with Crippen LogP contribution < -0.4 is 5.32 Å².